The van der Waals surface area contributed by atoms with Gasteiger partial charge in [-0.25, -0.2) is 0 Å². The minimum atomic E-state index is -0.208. The zero-order valence-electron chi connectivity index (χ0n) is 15.2. The molecule has 1 heterocycles. The number of fused-ring (bicyclic) bond motifs is 1. The van der Waals surface area contributed by atoms with Gasteiger partial charge in [-0.3, -0.25) is 10.1 Å². The van der Waals surface area contributed by atoms with Gasteiger partial charge in [0.05, 0.1) is 13.5 Å². The molecule has 1 N–H and O–H groups in total. The van der Waals surface area contributed by atoms with Crippen molar-refractivity contribution in [2.45, 2.75) is 32.1 Å². The molecule has 6 heteroatoms. The maximum absolute atomic E-state index is 12.2. The van der Waals surface area contributed by atoms with Crippen molar-refractivity contribution in [1.82, 2.24) is 10.2 Å². The Morgan fingerprint density at radius 2 is 1.85 bits per heavy atom. The molecular formula is C21H21N3O3. The number of benzene rings is 2. The van der Waals surface area contributed by atoms with Gasteiger partial charge in [-0.1, -0.05) is 23.3 Å². The highest BCUT2D eigenvalue weighted by atomic mass is 16.5. The molecule has 6 nitrogen and oxygen atoms in total. The fraction of sp³-hybridized carbons (Fsp3) is 0.286. The third-order valence-electron chi connectivity index (χ3n) is 4.79. The number of amides is 1. The largest absolute Gasteiger partial charge is 0.497 e. The van der Waals surface area contributed by atoms with Gasteiger partial charge in [0.2, 0.25) is 11.8 Å². The Kier molecular flexibility index (Phi) is 4.87. The number of carbonyl (C=O) groups is 1. The van der Waals surface area contributed by atoms with Crippen molar-refractivity contribution in [1.29, 1.82) is 0 Å². The third kappa shape index (κ3) is 4.00. The Bertz CT molecular complexity index is 948. The summed E-state index contributed by atoms with van der Waals surface area (Å²) in [6.45, 7) is 0. The van der Waals surface area contributed by atoms with Crippen molar-refractivity contribution in [2.75, 3.05) is 12.4 Å². The zero-order valence-corrected chi connectivity index (χ0v) is 15.2. The molecule has 1 aromatic heterocycles. The van der Waals surface area contributed by atoms with Crippen molar-refractivity contribution in [3.63, 3.8) is 0 Å². The lowest BCUT2D eigenvalue weighted by atomic mass is 9.90. The maximum Gasteiger partial charge on any atom is 0.322 e. The van der Waals surface area contributed by atoms with Gasteiger partial charge in [0.15, 0.2) is 0 Å². The van der Waals surface area contributed by atoms with E-state index in [-0.39, 0.29) is 18.3 Å². The van der Waals surface area contributed by atoms with Crippen molar-refractivity contribution in [2.24, 2.45) is 0 Å². The average molecular weight is 363 g/mol. The van der Waals surface area contributed by atoms with Gasteiger partial charge in [-0.05, 0) is 66.6 Å². The quantitative estimate of drug-likeness (QED) is 0.746. The monoisotopic (exact) mass is 363 g/mol. The lowest BCUT2D eigenvalue weighted by Crippen LogP contribution is -2.14. The van der Waals surface area contributed by atoms with E-state index < -0.39 is 0 Å². The van der Waals surface area contributed by atoms with Crippen LogP contribution in [0, 0.1) is 0 Å². The molecule has 1 amide bonds. The van der Waals surface area contributed by atoms with Gasteiger partial charge in [-0.2, -0.15) is 0 Å². The molecule has 2 aromatic carbocycles. The highest BCUT2D eigenvalue weighted by molar-refractivity contribution is 5.90. The molecule has 0 atom stereocenters. The number of methoxy groups -OCH3 is 1. The summed E-state index contributed by atoms with van der Waals surface area (Å²) in [6.07, 6.45) is 4.90. The number of aromatic nitrogens is 2. The number of rotatable bonds is 5. The highest BCUT2D eigenvalue weighted by Gasteiger charge is 2.15. The van der Waals surface area contributed by atoms with Crippen LogP contribution < -0.4 is 10.1 Å². The van der Waals surface area contributed by atoms with Crippen LogP contribution in [0.25, 0.3) is 11.5 Å². The van der Waals surface area contributed by atoms with E-state index in [0.29, 0.717) is 5.89 Å². The zero-order chi connectivity index (χ0) is 18.6. The molecule has 1 aliphatic carbocycles. The molecule has 0 saturated heterocycles. The lowest BCUT2D eigenvalue weighted by molar-refractivity contribution is -0.115. The first-order chi connectivity index (χ1) is 13.2. The van der Waals surface area contributed by atoms with Crippen molar-refractivity contribution < 1.29 is 13.9 Å². The second kappa shape index (κ2) is 7.61. The molecule has 0 unspecified atom stereocenters. The molecule has 0 radical (unpaired) electrons. The summed E-state index contributed by atoms with van der Waals surface area (Å²) >= 11 is 0. The van der Waals surface area contributed by atoms with Gasteiger partial charge in [0.1, 0.15) is 5.75 Å². The van der Waals surface area contributed by atoms with Gasteiger partial charge in [0.25, 0.3) is 0 Å². The number of aryl methyl sites for hydroxylation is 2. The van der Waals surface area contributed by atoms with Crippen LogP contribution in [0.5, 0.6) is 5.75 Å². The Balaban J connectivity index is 1.42. The Morgan fingerprint density at radius 3 is 2.63 bits per heavy atom. The fourth-order valence-corrected chi connectivity index (χ4v) is 3.35. The van der Waals surface area contributed by atoms with Crippen LogP contribution in [0.3, 0.4) is 0 Å². The second-order valence-corrected chi connectivity index (χ2v) is 6.68. The summed E-state index contributed by atoms with van der Waals surface area (Å²) in [5, 5.41) is 10.7. The number of ether oxygens (including phenoxy) is 1. The average Bonchev–Trinajstić information content (AvgIpc) is 3.16. The molecule has 0 spiro atoms. The Morgan fingerprint density at radius 1 is 1.07 bits per heavy atom. The molecule has 0 fully saturated rings. The summed E-state index contributed by atoms with van der Waals surface area (Å²) in [5.74, 6) is 0.967. The number of carbonyl (C=O) groups excluding carboxylic acids is 1. The Labute approximate surface area is 157 Å². The number of nitrogens with zero attached hydrogens (tertiary/aromatic N) is 2. The van der Waals surface area contributed by atoms with E-state index >= 15 is 0 Å². The van der Waals surface area contributed by atoms with E-state index in [0.717, 1.165) is 29.7 Å². The summed E-state index contributed by atoms with van der Waals surface area (Å²) in [5.41, 5.74) is 4.51. The predicted octanol–water partition coefficient (Wildman–Crippen LogP) is 3.81. The van der Waals surface area contributed by atoms with Crippen LogP contribution >= 0.6 is 0 Å². The first kappa shape index (κ1) is 17.3. The SMILES string of the molecule is COc1ccc(CC(=O)Nc2nnc(-c3ccc4c(c3)CCCC4)o2)cc1. The van der Waals surface area contributed by atoms with Gasteiger partial charge in [-0.15, -0.1) is 5.10 Å². The van der Waals surface area contributed by atoms with Crippen LogP contribution in [0.1, 0.15) is 29.5 Å². The molecule has 0 bridgehead atoms. The lowest BCUT2D eigenvalue weighted by Gasteiger charge is -2.15. The Hall–Kier alpha value is -3.15. The number of hydrogen-bond acceptors (Lipinski definition) is 5. The predicted molar refractivity (Wildman–Crippen MR) is 102 cm³/mol. The van der Waals surface area contributed by atoms with Gasteiger partial charge < -0.3 is 9.15 Å². The molecule has 138 valence electrons. The molecule has 0 saturated carbocycles. The highest BCUT2D eigenvalue weighted by Crippen LogP contribution is 2.27. The first-order valence-corrected chi connectivity index (χ1v) is 9.10. The maximum atomic E-state index is 12.2. The normalized spacial score (nSPS) is 13.1. The van der Waals surface area contributed by atoms with Crippen LogP contribution in [-0.4, -0.2) is 23.2 Å². The van der Waals surface area contributed by atoms with E-state index in [1.807, 2.05) is 30.3 Å². The molecule has 0 aliphatic heterocycles. The van der Waals surface area contributed by atoms with E-state index in [1.165, 1.54) is 24.0 Å². The van der Waals surface area contributed by atoms with Crippen molar-refractivity contribution in [3.05, 3.63) is 59.2 Å². The van der Waals surface area contributed by atoms with E-state index in [2.05, 4.69) is 27.6 Å². The van der Waals surface area contributed by atoms with Gasteiger partial charge in [0, 0.05) is 5.56 Å². The van der Waals surface area contributed by atoms with Crippen molar-refractivity contribution >= 4 is 11.9 Å². The summed E-state index contributed by atoms with van der Waals surface area (Å²) in [7, 11) is 1.61. The fourth-order valence-electron chi connectivity index (χ4n) is 3.35. The van der Waals surface area contributed by atoms with Crippen molar-refractivity contribution in [3.8, 4) is 17.2 Å². The van der Waals surface area contributed by atoms with Gasteiger partial charge >= 0.3 is 6.01 Å². The standard InChI is InChI=1S/C21H21N3O3/c1-26-18-10-6-14(7-11-18)12-19(25)22-21-24-23-20(27-21)17-9-8-15-4-2-3-5-16(15)13-17/h6-11,13H,2-5,12H2,1H3,(H,22,24,25). The molecule has 4 rings (SSSR count). The minimum absolute atomic E-state index is 0.112. The number of hydrogen-bond donors (Lipinski definition) is 1. The molecular weight excluding hydrogens is 342 g/mol. The van der Waals surface area contributed by atoms with Crippen LogP contribution in [0.4, 0.5) is 6.01 Å². The number of anilines is 1. The summed E-state index contributed by atoms with van der Waals surface area (Å²) in [6, 6.07) is 13.7. The second-order valence-electron chi connectivity index (χ2n) is 6.68. The first-order valence-electron chi connectivity index (χ1n) is 9.10. The van der Waals surface area contributed by atoms with Crippen LogP contribution in [0.2, 0.25) is 0 Å². The summed E-state index contributed by atoms with van der Waals surface area (Å²) in [4.78, 5) is 12.2. The summed E-state index contributed by atoms with van der Waals surface area (Å²) < 4.78 is 10.7. The molecule has 3 aromatic rings. The number of nitrogens with one attached hydrogen (secondary N) is 1. The molecule has 27 heavy (non-hydrogen) atoms. The third-order valence-corrected chi connectivity index (χ3v) is 4.79. The van der Waals surface area contributed by atoms with E-state index in [4.69, 9.17) is 9.15 Å². The van der Waals surface area contributed by atoms with E-state index in [1.54, 1.807) is 7.11 Å². The smallest absolute Gasteiger partial charge is 0.322 e. The van der Waals surface area contributed by atoms with Crippen LogP contribution in [0.15, 0.2) is 46.9 Å². The minimum Gasteiger partial charge on any atom is -0.497 e. The van der Waals surface area contributed by atoms with E-state index in [9.17, 15) is 4.79 Å². The molecule has 1 aliphatic rings. The topological polar surface area (TPSA) is 77.2 Å². The van der Waals surface area contributed by atoms with Crippen LogP contribution in [-0.2, 0) is 24.1 Å².